The second-order valence-electron chi connectivity index (χ2n) is 3.51. The second-order valence-corrected chi connectivity index (χ2v) is 4.76. The molecule has 2 rings (SSSR count). The third-order valence-corrected chi connectivity index (χ3v) is 3.52. The predicted molar refractivity (Wildman–Crippen MR) is 79.4 cm³/mol. The molecule has 0 N–H and O–H groups in total. The van der Waals surface area contributed by atoms with Crippen LogP contribution in [0.1, 0.15) is 0 Å². The van der Waals surface area contributed by atoms with Crippen molar-refractivity contribution in [3.63, 3.8) is 0 Å². The van der Waals surface area contributed by atoms with Gasteiger partial charge in [0.25, 0.3) is 0 Å². The summed E-state index contributed by atoms with van der Waals surface area (Å²) in [5, 5.41) is 2.49. The zero-order valence-electron chi connectivity index (χ0n) is 10.3. The molecular weight excluding hydrogens is 267 g/mol. The minimum absolute atomic E-state index is 0. The maximum atomic E-state index is 5.13. The highest BCUT2D eigenvalue weighted by molar-refractivity contribution is 7.55. The standard InChI is InChI=1S/C14H14O2P.ClH/c1-15-11-3-7-13(8-4-11)17-14-9-5-12(16-2)6-10-14;/h3-10H,1-2H3;1H. The van der Waals surface area contributed by atoms with Gasteiger partial charge in [-0.2, -0.15) is 0 Å². The lowest BCUT2D eigenvalue weighted by Gasteiger charge is -2.04. The molecule has 18 heavy (non-hydrogen) atoms. The number of ether oxygens (including phenoxy) is 2. The van der Waals surface area contributed by atoms with E-state index in [0.29, 0.717) is 0 Å². The maximum absolute atomic E-state index is 5.13. The van der Waals surface area contributed by atoms with Crippen LogP contribution in [0.15, 0.2) is 48.5 Å². The summed E-state index contributed by atoms with van der Waals surface area (Å²) in [5.41, 5.74) is 0. The van der Waals surface area contributed by atoms with Gasteiger partial charge in [0.15, 0.2) is 0 Å². The first-order valence-corrected chi connectivity index (χ1v) is 6.21. The molecule has 0 heterocycles. The van der Waals surface area contributed by atoms with Crippen molar-refractivity contribution >= 4 is 31.6 Å². The molecule has 0 saturated carbocycles. The molecule has 0 spiro atoms. The van der Waals surface area contributed by atoms with Gasteiger partial charge in [-0.15, -0.1) is 12.4 Å². The molecule has 1 radical (unpaired) electrons. The number of hydrogen-bond donors (Lipinski definition) is 0. The van der Waals surface area contributed by atoms with E-state index in [0.717, 1.165) is 11.5 Å². The molecule has 0 amide bonds. The molecule has 0 aliphatic carbocycles. The molecule has 0 atom stereocenters. The van der Waals surface area contributed by atoms with Crippen LogP contribution in [-0.4, -0.2) is 14.2 Å². The lowest BCUT2D eigenvalue weighted by Crippen LogP contribution is -2.02. The van der Waals surface area contributed by atoms with Crippen molar-refractivity contribution in [3.8, 4) is 11.5 Å². The van der Waals surface area contributed by atoms with Gasteiger partial charge in [-0.05, 0) is 43.5 Å². The molecule has 0 aromatic heterocycles. The third kappa shape index (κ3) is 3.90. The van der Waals surface area contributed by atoms with Crippen LogP contribution in [0.3, 0.4) is 0 Å². The summed E-state index contributed by atoms with van der Waals surface area (Å²) < 4.78 is 10.3. The Bertz CT molecular complexity index is 423. The van der Waals surface area contributed by atoms with Crippen molar-refractivity contribution in [3.05, 3.63) is 48.5 Å². The van der Waals surface area contributed by atoms with Gasteiger partial charge in [0, 0.05) is 0 Å². The van der Waals surface area contributed by atoms with Crippen molar-refractivity contribution < 1.29 is 9.47 Å². The summed E-state index contributed by atoms with van der Waals surface area (Å²) in [4.78, 5) is 0. The zero-order valence-corrected chi connectivity index (χ0v) is 12.0. The van der Waals surface area contributed by atoms with E-state index in [9.17, 15) is 0 Å². The Morgan fingerprint density at radius 2 is 1.00 bits per heavy atom. The van der Waals surface area contributed by atoms with E-state index in [1.54, 1.807) is 14.2 Å². The molecule has 0 aliphatic heterocycles. The lowest BCUT2D eigenvalue weighted by atomic mass is 10.3. The molecular formula is C14H15ClO2P. The molecule has 0 bridgehead atoms. The maximum Gasteiger partial charge on any atom is 0.118 e. The predicted octanol–water partition coefficient (Wildman–Crippen LogP) is 3.02. The zero-order chi connectivity index (χ0) is 12.1. The number of halogens is 1. The molecule has 0 fully saturated rings. The molecule has 2 aromatic rings. The van der Waals surface area contributed by atoms with Crippen LogP contribution >= 0.6 is 21.0 Å². The summed E-state index contributed by atoms with van der Waals surface area (Å²) in [6.45, 7) is 0. The fourth-order valence-corrected chi connectivity index (χ4v) is 2.36. The van der Waals surface area contributed by atoms with E-state index in [1.807, 2.05) is 24.3 Å². The van der Waals surface area contributed by atoms with Crippen LogP contribution in [0.2, 0.25) is 0 Å². The van der Waals surface area contributed by atoms with E-state index < -0.39 is 0 Å². The SMILES string of the molecule is COc1ccc([P]c2ccc(OC)cc2)cc1.Cl. The largest absolute Gasteiger partial charge is 0.497 e. The fourth-order valence-electron chi connectivity index (χ4n) is 1.46. The van der Waals surface area contributed by atoms with Crippen LogP contribution in [0.5, 0.6) is 11.5 Å². The Balaban J connectivity index is 0.00000162. The number of benzene rings is 2. The van der Waals surface area contributed by atoms with Crippen LogP contribution in [-0.2, 0) is 0 Å². The lowest BCUT2D eigenvalue weighted by molar-refractivity contribution is 0.415. The Kier molecular flexibility index (Phi) is 5.97. The minimum Gasteiger partial charge on any atom is -0.497 e. The van der Waals surface area contributed by atoms with Gasteiger partial charge in [0.05, 0.1) is 14.2 Å². The van der Waals surface area contributed by atoms with Gasteiger partial charge in [-0.3, -0.25) is 0 Å². The Morgan fingerprint density at radius 3 is 1.28 bits per heavy atom. The van der Waals surface area contributed by atoms with E-state index in [-0.39, 0.29) is 12.4 Å². The van der Waals surface area contributed by atoms with Crippen LogP contribution in [0.25, 0.3) is 0 Å². The van der Waals surface area contributed by atoms with Gasteiger partial charge in [-0.1, -0.05) is 24.3 Å². The van der Waals surface area contributed by atoms with Crippen molar-refractivity contribution in [2.45, 2.75) is 0 Å². The van der Waals surface area contributed by atoms with Gasteiger partial charge in [0.1, 0.15) is 11.5 Å². The van der Waals surface area contributed by atoms with Gasteiger partial charge in [0.2, 0.25) is 0 Å². The molecule has 0 saturated heterocycles. The van der Waals surface area contributed by atoms with Gasteiger partial charge < -0.3 is 9.47 Å². The highest BCUT2D eigenvalue weighted by Crippen LogP contribution is 2.16. The quantitative estimate of drug-likeness (QED) is 0.802. The first-order chi connectivity index (χ1) is 8.31. The second kappa shape index (κ2) is 7.25. The molecule has 2 aromatic carbocycles. The Labute approximate surface area is 116 Å². The molecule has 0 unspecified atom stereocenters. The van der Waals surface area contributed by atoms with Gasteiger partial charge >= 0.3 is 0 Å². The van der Waals surface area contributed by atoms with Crippen LogP contribution < -0.4 is 20.1 Å². The Morgan fingerprint density at radius 1 is 0.667 bits per heavy atom. The summed E-state index contributed by atoms with van der Waals surface area (Å²) in [7, 11) is 4.54. The van der Waals surface area contributed by atoms with Crippen LogP contribution in [0.4, 0.5) is 0 Å². The van der Waals surface area contributed by atoms with Crippen molar-refractivity contribution in [1.29, 1.82) is 0 Å². The third-order valence-electron chi connectivity index (χ3n) is 2.40. The molecule has 95 valence electrons. The number of hydrogen-bond acceptors (Lipinski definition) is 2. The first kappa shape index (κ1) is 14.8. The summed E-state index contributed by atoms with van der Waals surface area (Å²) in [6.07, 6.45) is 0. The van der Waals surface area contributed by atoms with Crippen molar-refractivity contribution in [2.24, 2.45) is 0 Å². The monoisotopic (exact) mass is 281 g/mol. The highest BCUT2D eigenvalue weighted by atomic mass is 35.5. The van der Waals surface area contributed by atoms with Crippen LogP contribution in [0, 0.1) is 0 Å². The summed E-state index contributed by atoms with van der Waals surface area (Å²) >= 11 is 0. The normalized spacial score (nSPS) is 9.44. The van der Waals surface area contributed by atoms with E-state index in [1.165, 1.54) is 19.2 Å². The average molecular weight is 282 g/mol. The highest BCUT2D eigenvalue weighted by Gasteiger charge is 1.99. The molecule has 4 heteroatoms. The minimum atomic E-state index is 0. The fraction of sp³-hybridized carbons (Fsp3) is 0.143. The summed E-state index contributed by atoms with van der Waals surface area (Å²) in [5.74, 6) is 1.78. The first-order valence-electron chi connectivity index (χ1n) is 5.31. The number of rotatable bonds is 4. The number of methoxy groups -OCH3 is 2. The average Bonchev–Trinajstić information content (AvgIpc) is 2.40. The molecule has 0 aliphatic rings. The van der Waals surface area contributed by atoms with Crippen molar-refractivity contribution in [2.75, 3.05) is 14.2 Å². The smallest absolute Gasteiger partial charge is 0.118 e. The van der Waals surface area contributed by atoms with Gasteiger partial charge in [-0.25, -0.2) is 0 Å². The van der Waals surface area contributed by atoms with E-state index in [2.05, 4.69) is 24.3 Å². The van der Waals surface area contributed by atoms with E-state index in [4.69, 9.17) is 9.47 Å². The van der Waals surface area contributed by atoms with Crippen molar-refractivity contribution in [1.82, 2.24) is 0 Å². The summed E-state index contributed by atoms with van der Waals surface area (Å²) in [6, 6.07) is 16.2. The van der Waals surface area contributed by atoms with E-state index >= 15 is 0 Å². The Hall–Kier alpha value is -1.24. The topological polar surface area (TPSA) is 18.5 Å². The molecule has 2 nitrogen and oxygen atoms in total.